The molecular formula is C13H22N4O2. The van der Waals surface area contributed by atoms with E-state index >= 15 is 0 Å². The molecule has 0 bridgehead atoms. The van der Waals surface area contributed by atoms with Crippen LogP contribution >= 0.6 is 0 Å². The van der Waals surface area contributed by atoms with Gasteiger partial charge in [0.2, 0.25) is 0 Å². The summed E-state index contributed by atoms with van der Waals surface area (Å²) in [7, 11) is 0. The van der Waals surface area contributed by atoms with Crippen LogP contribution in [-0.4, -0.2) is 27.8 Å². The Kier molecular flexibility index (Phi) is 4.19. The van der Waals surface area contributed by atoms with Crippen molar-refractivity contribution >= 4 is 5.97 Å². The lowest BCUT2D eigenvalue weighted by atomic mass is 9.76. The molecule has 1 aliphatic rings. The molecule has 1 aromatic rings. The number of carbonyl (C=O) groups excluding carboxylic acids is 1. The Morgan fingerprint density at radius 3 is 2.74 bits per heavy atom. The number of ether oxygens (including phenoxy) is 1. The molecule has 0 radical (unpaired) electrons. The SMILES string of the molecule is CCOC(=O)c1n[nH]c(C2(N)CCC(CC)CC2)n1. The van der Waals surface area contributed by atoms with Gasteiger partial charge in [-0.1, -0.05) is 13.3 Å². The number of H-pyrrole nitrogens is 1. The standard InChI is InChI=1S/C13H22N4O2/c1-3-9-5-7-13(14,8-6-9)12-15-10(16-17-12)11(18)19-4-2/h9H,3-8,14H2,1-2H3,(H,15,16,17). The molecule has 1 fully saturated rings. The van der Waals surface area contributed by atoms with Gasteiger partial charge in [0.25, 0.3) is 5.82 Å². The summed E-state index contributed by atoms with van der Waals surface area (Å²) in [5.41, 5.74) is 5.92. The van der Waals surface area contributed by atoms with Gasteiger partial charge in [-0.2, -0.15) is 0 Å². The van der Waals surface area contributed by atoms with Crippen molar-refractivity contribution in [2.24, 2.45) is 11.7 Å². The fourth-order valence-electron chi connectivity index (χ4n) is 2.61. The molecule has 0 saturated heterocycles. The van der Waals surface area contributed by atoms with Gasteiger partial charge >= 0.3 is 5.97 Å². The smallest absolute Gasteiger partial charge is 0.378 e. The number of aromatic amines is 1. The van der Waals surface area contributed by atoms with E-state index in [2.05, 4.69) is 22.1 Å². The number of nitrogens with one attached hydrogen (secondary N) is 1. The second-order valence-electron chi connectivity index (χ2n) is 5.24. The number of esters is 1. The minimum atomic E-state index is -0.504. The molecule has 1 aromatic heterocycles. The van der Waals surface area contributed by atoms with E-state index in [4.69, 9.17) is 10.5 Å². The van der Waals surface area contributed by atoms with Gasteiger partial charge in [-0.25, -0.2) is 9.78 Å². The number of rotatable bonds is 4. The Morgan fingerprint density at radius 2 is 2.16 bits per heavy atom. The molecule has 1 heterocycles. The predicted octanol–water partition coefficient (Wildman–Crippen LogP) is 1.74. The fraction of sp³-hybridized carbons (Fsp3) is 0.769. The number of hydrogen-bond acceptors (Lipinski definition) is 5. The zero-order chi connectivity index (χ0) is 13.9. The third kappa shape index (κ3) is 2.94. The largest absolute Gasteiger partial charge is 0.460 e. The first-order valence-corrected chi connectivity index (χ1v) is 6.98. The van der Waals surface area contributed by atoms with Crippen molar-refractivity contribution < 1.29 is 9.53 Å². The molecule has 0 amide bonds. The van der Waals surface area contributed by atoms with Gasteiger partial charge in [0.1, 0.15) is 5.82 Å². The Balaban J connectivity index is 2.08. The topological polar surface area (TPSA) is 93.9 Å². The van der Waals surface area contributed by atoms with Gasteiger partial charge in [-0.05, 0) is 38.5 Å². The normalized spacial score (nSPS) is 27.2. The summed E-state index contributed by atoms with van der Waals surface area (Å²) in [6, 6.07) is 0. The van der Waals surface area contributed by atoms with E-state index in [0.717, 1.165) is 31.6 Å². The average molecular weight is 266 g/mol. The number of nitrogens with zero attached hydrogens (tertiary/aromatic N) is 2. The van der Waals surface area contributed by atoms with Crippen molar-refractivity contribution in [1.82, 2.24) is 15.2 Å². The molecule has 1 saturated carbocycles. The second-order valence-corrected chi connectivity index (χ2v) is 5.24. The van der Waals surface area contributed by atoms with Gasteiger partial charge in [-0.3, -0.25) is 5.10 Å². The summed E-state index contributed by atoms with van der Waals surface area (Å²) in [5, 5.41) is 6.70. The maximum absolute atomic E-state index is 11.5. The fourth-order valence-corrected chi connectivity index (χ4v) is 2.61. The van der Waals surface area contributed by atoms with Crippen LogP contribution in [0.25, 0.3) is 0 Å². The van der Waals surface area contributed by atoms with Gasteiger partial charge in [0.15, 0.2) is 0 Å². The number of aromatic nitrogens is 3. The molecule has 0 aromatic carbocycles. The highest BCUT2D eigenvalue weighted by Gasteiger charge is 2.36. The molecule has 6 heteroatoms. The number of nitrogens with two attached hydrogens (primary N) is 1. The van der Waals surface area contributed by atoms with Gasteiger partial charge in [0, 0.05) is 0 Å². The Hall–Kier alpha value is -1.43. The quantitative estimate of drug-likeness (QED) is 0.809. The lowest BCUT2D eigenvalue weighted by molar-refractivity contribution is 0.0512. The van der Waals surface area contributed by atoms with Crippen molar-refractivity contribution in [2.75, 3.05) is 6.61 Å². The summed E-state index contributed by atoms with van der Waals surface area (Å²) in [4.78, 5) is 15.7. The summed E-state index contributed by atoms with van der Waals surface area (Å²) < 4.78 is 4.87. The molecule has 3 N–H and O–H groups in total. The van der Waals surface area contributed by atoms with Crippen molar-refractivity contribution in [3.63, 3.8) is 0 Å². The molecule has 0 unspecified atom stereocenters. The van der Waals surface area contributed by atoms with Crippen LogP contribution in [0.2, 0.25) is 0 Å². The summed E-state index contributed by atoms with van der Waals surface area (Å²) in [5.74, 6) is 0.921. The highest BCUT2D eigenvalue weighted by Crippen LogP contribution is 2.37. The van der Waals surface area contributed by atoms with Crippen molar-refractivity contribution in [3.8, 4) is 0 Å². The molecule has 0 spiro atoms. The lowest BCUT2D eigenvalue weighted by Gasteiger charge is -2.35. The van der Waals surface area contributed by atoms with Crippen LogP contribution in [0.4, 0.5) is 0 Å². The maximum Gasteiger partial charge on any atom is 0.378 e. The third-order valence-electron chi connectivity index (χ3n) is 3.99. The lowest BCUT2D eigenvalue weighted by Crippen LogP contribution is -2.41. The molecule has 1 aliphatic carbocycles. The van der Waals surface area contributed by atoms with Gasteiger partial charge in [-0.15, -0.1) is 5.10 Å². The van der Waals surface area contributed by atoms with Crippen molar-refractivity contribution in [3.05, 3.63) is 11.6 Å². The van der Waals surface area contributed by atoms with Gasteiger partial charge in [0.05, 0.1) is 12.1 Å². The molecule has 19 heavy (non-hydrogen) atoms. The highest BCUT2D eigenvalue weighted by molar-refractivity contribution is 5.84. The van der Waals surface area contributed by atoms with Gasteiger partial charge < -0.3 is 10.5 Å². The van der Waals surface area contributed by atoms with E-state index in [-0.39, 0.29) is 5.82 Å². The molecule has 6 nitrogen and oxygen atoms in total. The highest BCUT2D eigenvalue weighted by atomic mass is 16.5. The van der Waals surface area contributed by atoms with E-state index < -0.39 is 11.5 Å². The van der Waals surface area contributed by atoms with Crippen LogP contribution in [0.15, 0.2) is 0 Å². The molecule has 0 atom stereocenters. The first kappa shape index (κ1) is 14.0. The monoisotopic (exact) mass is 266 g/mol. The van der Waals surface area contributed by atoms with E-state index in [1.54, 1.807) is 6.92 Å². The average Bonchev–Trinajstić information content (AvgIpc) is 2.90. The first-order chi connectivity index (χ1) is 9.09. The van der Waals surface area contributed by atoms with E-state index in [9.17, 15) is 4.79 Å². The van der Waals surface area contributed by atoms with Crippen LogP contribution in [0.5, 0.6) is 0 Å². The first-order valence-electron chi connectivity index (χ1n) is 6.98. The minimum absolute atomic E-state index is 0.0688. The zero-order valence-electron chi connectivity index (χ0n) is 11.6. The Labute approximate surface area is 113 Å². The van der Waals surface area contributed by atoms with Crippen LogP contribution in [0.1, 0.15) is 62.4 Å². The molecule has 0 aliphatic heterocycles. The third-order valence-corrected chi connectivity index (χ3v) is 3.99. The van der Waals surface area contributed by atoms with E-state index in [1.807, 2.05) is 0 Å². The predicted molar refractivity (Wildman–Crippen MR) is 70.5 cm³/mol. The van der Waals surface area contributed by atoms with Crippen LogP contribution in [0, 0.1) is 5.92 Å². The van der Waals surface area contributed by atoms with Crippen LogP contribution in [0.3, 0.4) is 0 Å². The summed E-state index contributed by atoms with van der Waals surface area (Å²) in [6.45, 7) is 4.28. The molecular weight excluding hydrogens is 244 g/mol. The molecule has 106 valence electrons. The van der Waals surface area contributed by atoms with Crippen LogP contribution < -0.4 is 5.73 Å². The molecule has 2 rings (SSSR count). The number of carbonyl (C=O) groups is 1. The Bertz CT molecular complexity index is 436. The zero-order valence-corrected chi connectivity index (χ0v) is 11.6. The van der Waals surface area contributed by atoms with E-state index in [1.165, 1.54) is 6.42 Å². The Morgan fingerprint density at radius 1 is 1.47 bits per heavy atom. The minimum Gasteiger partial charge on any atom is -0.460 e. The van der Waals surface area contributed by atoms with Crippen molar-refractivity contribution in [1.29, 1.82) is 0 Å². The second kappa shape index (κ2) is 5.69. The summed E-state index contributed by atoms with van der Waals surface area (Å²) >= 11 is 0. The van der Waals surface area contributed by atoms with Crippen molar-refractivity contribution in [2.45, 2.75) is 51.5 Å². The van der Waals surface area contributed by atoms with Crippen LogP contribution in [-0.2, 0) is 10.3 Å². The maximum atomic E-state index is 11.5. The number of hydrogen-bond donors (Lipinski definition) is 2. The van der Waals surface area contributed by atoms with E-state index in [0.29, 0.717) is 12.4 Å². The summed E-state index contributed by atoms with van der Waals surface area (Å²) in [6.07, 6.45) is 5.15.